The van der Waals surface area contributed by atoms with Crippen molar-refractivity contribution >= 4 is 23.6 Å². The molecule has 1 aromatic carbocycles. The minimum absolute atomic E-state index is 0.0344. The van der Waals surface area contributed by atoms with Crippen molar-refractivity contribution in [3.63, 3.8) is 0 Å². The lowest BCUT2D eigenvalue weighted by atomic mass is 9.49. The number of ether oxygens (including phenoxy) is 2. The average molecular weight is 512 g/mol. The SMILES string of the molecule is O=C(NCc1ccc(Cl)cc1)c1cc(O[C@H]2CCN3C(=O)OC[C@@H]3C2)c(C2CC3(CC(O)C3)C2)cn1. The minimum Gasteiger partial charge on any atom is -0.490 e. The van der Waals surface area contributed by atoms with Crippen molar-refractivity contribution in [3.05, 3.63) is 58.4 Å². The molecule has 1 spiro atoms. The van der Waals surface area contributed by atoms with Crippen molar-refractivity contribution in [1.29, 1.82) is 0 Å². The molecule has 0 bridgehead atoms. The first kappa shape index (κ1) is 23.6. The Morgan fingerprint density at radius 2 is 2.03 bits per heavy atom. The Morgan fingerprint density at radius 3 is 2.78 bits per heavy atom. The third kappa shape index (κ3) is 4.52. The molecule has 2 aliphatic carbocycles. The maximum atomic E-state index is 12.9. The normalized spacial score (nSPS) is 30.7. The third-order valence-corrected chi connectivity index (χ3v) is 8.48. The van der Waals surface area contributed by atoms with Gasteiger partial charge in [0.15, 0.2) is 0 Å². The average Bonchev–Trinajstić information content (AvgIpc) is 3.20. The highest BCUT2D eigenvalue weighted by atomic mass is 35.5. The van der Waals surface area contributed by atoms with Crippen LogP contribution in [-0.2, 0) is 11.3 Å². The van der Waals surface area contributed by atoms with Gasteiger partial charge in [0.1, 0.15) is 24.2 Å². The number of fused-ring (bicyclic) bond motifs is 1. The number of hydrogen-bond acceptors (Lipinski definition) is 6. The number of hydrogen-bond donors (Lipinski definition) is 2. The Balaban J connectivity index is 1.18. The Morgan fingerprint density at radius 1 is 1.25 bits per heavy atom. The van der Waals surface area contributed by atoms with Gasteiger partial charge in [-0.3, -0.25) is 9.78 Å². The molecule has 2 atom stereocenters. The van der Waals surface area contributed by atoms with Crippen LogP contribution < -0.4 is 10.1 Å². The molecule has 2 saturated carbocycles. The van der Waals surface area contributed by atoms with E-state index in [9.17, 15) is 14.7 Å². The lowest BCUT2D eigenvalue weighted by Crippen LogP contribution is -2.49. The number of amides is 2. The number of halogens is 1. The summed E-state index contributed by atoms with van der Waals surface area (Å²) in [4.78, 5) is 31.1. The number of carbonyl (C=O) groups is 2. The molecule has 0 radical (unpaired) electrons. The summed E-state index contributed by atoms with van der Waals surface area (Å²) in [6.45, 7) is 1.37. The highest BCUT2D eigenvalue weighted by Crippen LogP contribution is 2.62. The highest BCUT2D eigenvalue weighted by Gasteiger charge is 2.53. The molecule has 6 rings (SSSR count). The first-order valence-corrected chi connectivity index (χ1v) is 13.1. The molecule has 2 N–H and O–H groups in total. The standard InChI is InChI=1S/C27H30ClN3O5/c28-18-3-1-16(2-4-18)13-30-25(33)23-8-24(36-21-5-6-31-19(7-21)15-35-26(31)34)22(14-29-23)17-9-27(10-17)11-20(32)12-27/h1-4,8,14,17,19-21,32H,5-7,9-13,15H2,(H,30,33)/t17?,19-,20?,21-,27?/m0/s1. The number of carbonyl (C=O) groups excluding carboxylic acids is 2. The van der Waals surface area contributed by atoms with Crippen LogP contribution in [0, 0.1) is 5.41 Å². The second-order valence-electron chi connectivity index (χ2n) is 10.8. The molecule has 190 valence electrons. The smallest absolute Gasteiger partial charge is 0.410 e. The fourth-order valence-electron chi connectivity index (χ4n) is 6.28. The van der Waals surface area contributed by atoms with Crippen LogP contribution in [-0.4, -0.2) is 58.4 Å². The number of piperidine rings is 1. The summed E-state index contributed by atoms with van der Waals surface area (Å²) in [5, 5.41) is 13.4. The van der Waals surface area contributed by atoms with E-state index in [0.717, 1.165) is 36.8 Å². The molecular formula is C27H30ClN3O5. The molecular weight excluding hydrogens is 482 g/mol. The van der Waals surface area contributed by atoms with Gasteiger partial charge >= 0.3 is 6.09 Å². The first-order valence-electron chi connectivity index (χ1n) is 12.7. The number of benzene rings is 1. The zero-order valence-corrected chi connectivity index (χ0v) is 20.7. The van der Waals surface area contributed by atoms with Gasteiger partial charge in [0.2, 0.25) is 0 Å². The van der Waals surface area contributed by atoms with Crippen molar-refractivity contribution in [2.45, 2.75) is 69.2 Å². The molecule has 36 heavy (non-hydrogen) atoms. The topological polar surface area (TPSA) is 101 Å². The van der Waals surface area contributed by atoms with E-state index in [2.05, 4.69) is 10.3 Å². The van der Waals surface area contributed by atoms with Crippen LogP contribution in [0.2, 0.25) is 5.02 Å². The summed E-state index contributed by atoms with van der Waals surface area (Å²) < 4.78 is 11.7. The van der Waals surface area contributed by atoms with Crippen molar-refractivity contribution in [3.8, 4) is 5.75 Å². The number of pyridine rings is 1. The zero-order valence-electron chi connectivity index (χ0n) is 20.0. The maximum absolute atomic E-state index is 12.9. The lowest BCUT2D eigenvalue weighted by molar-refractivity contribution is -0.0928. The summed E-state index contributed by atoms with van der Waals surface area (Å²) in [7, 11) is 0. The second-order valence-corrected chi connectivity index (χ2v) is 11.2. The Hall–Kier alpha value is -2.84. The van der Waals surface area contributed by atoms with Crippen molar-refractivity contribution < 1.29 is 24.2 Å². The van der Waals surface area contributed by atoms with E-state index in [1.54, 1.807) is 29.3 Å². The Kier molecular flexibility index (Phi) is 6.04. The van der Waals surface area contributed by atoms with Crippen LogP contribution in [0.25, 0.3) is 0 Å². The molecule has 4 aliphatic rings. The molecule has 2 aromatic rings. The maximum Gasteiger partial charge on any atom is 0.410 e. The second kappa shape index (κ2) is 9.23. The number of aromatic nitrogens is 1. The zero-order chi connectivity index (χ0) is 24.9. The summed E-state index contributed by atoms with van der Waals surface area (Å²) in [6, 6.07) is 9.14. The molecule has 4 fully saturated rings. The molecule has 2 amide bonds. The number of aliphatic hydroxyl groups excluding tert-OH is 1. The molecule has 2 saturated heterocycles. The molecule has 3 heterocycles. The molecule has 1 aromatic heterocycles. The van der Waals surface area contributed by atoms with Gasteiger partial charge < -0.3 is 24.8 Å². The Bertz CT molecular complexity index is 1160. The van der Waals surface area contributed by atoms with E-state index < -0.39 is 0 Å². The van der Waals surface area contributed by atoms with Crippen LogP contribution >= 0.6 is 11.6 Å². The fourth-order valence-corrected chi connectivity index (χ4v) is 6.41. The number of aliphatic hydroxyl groups is 1. The number of cyclic esters (lactones) is 1. The number of nitrogens with one attached hydrogen (secondary N) is 1. The van der Waals surface area contributed by atoms with Gasteiger partial charge in [-0.05, 0) is 54.7 Å². The van der Waals surface area contributed by atoms with Gasteiger partial charge in [0.25, 0.3) is 5.91 Å². The van der Waals surface area contributed by atoms with Gasteiger partial charge in [0.05, 0.1) is 12.1 Å². The largest absolute Gasteiger partial charge is 0.490 e. The van der Waals surface area contributed by atoms with Gasteiger partial charge in [-0.25, -0.2) is 4.79 Å². The van der Waals surface area contributed by atoms with Crippen LogP contribution in [0.15, 0.2) is 36.5 Å². The predicted molar refractivity (Wildman–Crippen MR) is 132 cm³/mol. The van der Waals surface area contributed by atoms with Crippen molar-refractivity contribution in [2.75, 3.05) is 13.2 Å². The van der Waals surface area contributed by atoms with Gasteiger partial charge in [-0.1, -0.05) is 23.7 Å². The third-order valence-electron chi connectivity index (χ3n) is 8.22. The van der Waals surface area contributed by atoms with Crippen molar-refractivity contribution in [1.82, 2.24) is 15.2 Å². The monoisotopic (exact) mass is 511 g/mol. The summed E-state index contributed by atoms with van der Waals surface area (Å²) >= 11 is 5.95. The molecule has 9 heteroatoms. The van der Waals surface area contributed by atoms with Crippen LogP contribution in [0.1, 0.15) is 66.1 Å². The fraction of sp³-hybridized carbons (Fsp3) is 0.519. The van der Waals surface area contributed by atoms with Crippen LogP contribution in [0.4, 0.5) is 4.79 Å². The van der Waals surface area contributed by atoms with Gasteiger partial charge in [0, 0.05) is 48.8 Å². The van der Waals surface area contributed by atoms with E-state index in [-0.39, 0.29) is 35.7 Å². The van der Waals surface area contributed by atoms with Gasteiger partial charge in [-0.15, -0.1) is 0 Å². The molecule has 0 unspecified atom stereocenters. The number of nitrogens with zero attached hydrogens (tertiary/aromatic N) is 2. The van der Waals surface area contributed by atoms with Crippen LogP contribution in [0.5, 0.6) is 5.75 Å². The summed E-state index contributed by atoms with van der Waals surface area (Å²) in [6.07, 6.45) is 6.47. The van der Waals surface area contributed by atoms with E-state index >= 15 is 0 Å². The van der Waals surface area contributed by atoms with E-state index in [0.29, 0.717) is 54.9 Å². The quantitative estimate of drug-likeness (QED) is 0.607. The van der Waals surface area contributed by atoms with E-state index in [4.69, 9.17) is 21.1 Å². The highest BCUT2D eigenvalue weighted by molar-refractivity contribution is 6.30. The van der Waals surface area contributed by atoms with E-state index in [1.165, 1.54) is 0 Å². The molecule has 2 aliphatic heterocycles. The van der Waals surface area contributed by atoms with Gasteiger partial charge in [-0.2, -0.15) is 0 Å². The summed E-state index contributed by atoms with van der Waals surface area (Å²) in [5.41, 5.74) is 2.54. The summed E-state index contributed by atoms with van der Waals surface area (Å²) in [5.74, 6) is 0.742. The Labute approximate surface area is 214 Å². The lowest BCUT2D eigenvalue weighted by Gasteiger charge is -2.56. The molecule has 8 nitrogen and oxygen atoms in total. The number of rotatable bonds is 6. The first-order chi connectivity index (χ1) is 17.4. The minimum atomic E-state index is -0.266. The van der Waals surface area contributed by atoms with Crippen molar-refractivity contribution in [2.24, 2.45) is 5.41 Å². The van der Waals surface area contributed by atoms with Crippen LogP contribution in [0.3, 0.4) is 0 Å². The van der Waals surface area contributed by atoms with E-state index in [1.807, 2.05) is 12.1 Å². The predicted octanol–water partition coefficient (Wildman–Crippen LogP) is 4.05.